The molecule has 0 heterocycles. The molecule has 5 nitrogen and oxygen atoms in total. The van der Waals surface area contributed by atoms with Crippen LogP contribution in [0, 0.1) is 11.3 Å². The first-order valence-corrected chi connectivity index (χ1v) is 9.05. The molecule has 1 amide bonds. The second kappa shape index (κ2) is 10.4. The summed E-state index contributed by atoms with van der Waals surface area (Å²) in [5.41, 5.74) is 0.751. The van der Waals surface area contributed by atoms with Gasteiger partial charge in [-0.3, -0.25) is 4.79 Å². The third kappa shape index (κ3) is 6.87. The van der Waals surface area contributed by atoms with Crippen LogP contribution < -0.4 is 15.0 Å². The number of ether oxygens (including phenoxy) is 1. The monoisotopic (exact) mass is 356 g/mol. The zero-order chi connectivity index (χ0) is 17.9. The van der Waals surface area contributed by atoms with E-state index in [0.717, 1.165) is 27.8 Å². The molecule has 0 aliphatic heterocycles. The Hall–Kier alpha value is -2.49. The van der Waals surface area contributed by atoms with E-state index in [1.54, 1.807) is 0 Å². The van der Waals surface area contributed by atoms with Gasteiger partial charge in [0.05, 0.1) is 24.6 Å². The third-order valence-electron chi connectivity index (χ3n) is 3.46. The number of carbonyl (C=O) groups excluding carboxylic acids is 1. The first-order chi connectivity index (χ1) is 12.2. The molecule has 0 aliphatic carbocycles. The van der Waals surface area contributed by atoms with Crippen LogP contribution in [0.15, 0.2) is 59.5 Å². The summed E-state index contributed by atoms with van der Waals surface area (Å²) in [5.74, 6) is 1.14. The van der Waals surface area contributed by atoms with Gasteiger partial charge in [0.15, 0.2) is 6.54 Å². The fraction of sp³-hybridized carbons (Fsp3) is 0.263. The van der Waals surface area contributed by atoms with Crippen molar-refractivity contribution in [2.75, 3.05) is 37.8 Å². The molecule has 2 aromatic carbocycles. The van der Waals surface area contributed by atoms with Crippen LogP contribution in [-0.4, -0.2) is 38.4 Å². The van der Waals surface area contributed by atoms with E-state index in [9.17, 15) is 4.79 Å². The molecule has 1 atom stereocenters. The summed E-state index contributed by atoms with van der Waals surface area (Å²) in [7, 11) is 1.96. The maximum Gasteiger partial charge on any atom is 0.279 e. The van der Waals surface area contributed by atoms with Crippen LogP contribution in [0.1, 0.15) is 0 Å². The lowest BCUT2D eigenvalue weighted by Crippen LogP contribution is -3.10. The third-order valence-corrected chi connectivity index (χ3v) is 4.40. The summed E-state index contributed by atoms with van der Waals surface area (Å²) in [4.78, 5) is 14.2. The van der Waals surface area contributed by atoms with Gasteiger partial charge in [-0.2, -0.15) is 5.26 Å². The predicted octanol–water partition coefficient (Wildman–Crippen LogP) is 1.83. The predicted molar refractivity (Wildman–Crippen MR) is 100.0 cm³/mol. The van der Waals surface area contributed by atoms with Gasteiger partial charge in [0.25, 0.3) is 5.91 Å². The number of nitriles is 1. The molecule has 0 spiro atoms. The first kappa shape index (κ1) is 18.8. The van der Waals surface area contributed by atoms with E-state index >= 15 is 0 Å². The molecular formula is C19H22N3O2S+. The number of rotatable bonds is 9. The maximum absolute atomic E-state index is 12.2. The molecule has 0 aliphatic rings. The van der Waals surface area contributed by atoms with E-state index in [0.29, 0.717) is 18.9 Å². The quantitative estimate of drug-likeness (QED) is 0.673. The smallest absolute Gasteiger partial charge is 0.279 e. The van der Waals surface area contributed by atoms with Gasteiger partial charge in [-0.05, 0) is 24.3 Å². The van der Waals surface area contributed by atoms with E-state index in [1.165, 1.54) is 11.8 Å². The van der Waals surface area contributed by atoms with Crippen LogP contribution in [0.3, 0.4) is 0 Å². The molecule has 130 valence electrons. The molecule has 2 N–H and O–H groups in total. The van der Waals surface area contributed by atoms with Crippen LogP contribution in [0.2, 0.25) is 0 Å². The van der Waals surface area contributed by atoms with Crippen LogP contribution in [-0.2, 0) is 4.79 Å². The van der Waals surface area contributed by atoms with E-state index < -0.39 is 0 Å². The second-order valence-electron chi connectivity index (χ2n) is 5.54. The average Bonchev–Trinajstić information content (AvgIpc) is 2.62. The lowest BCUT2D eigenvalue weighted by molar-refractivity contribution is -0.871. The van der Waals surface area contributed by atoms with Crippen molar-refractivity contribution in [3.05, 3.63) is 54.6 Å². The van der Waals surface area contributed by atoms with Crippen LogP contribution >= 0.6 is 11.8 Å². The van der Waals surface area contributed by atoms with Gasteiger partial charge >= 0.3 is 0 Å². The van der Waals surface area contributed by atoms with Crippen molar-refractivity contribution in [3.8, 4) is 11.8 Å². The standard InChI is InChI=1S/C19H21N3O2S/c1-22(12-13-24-16-7-3-2-4-8-16)15-19(23)21-17-9-5-6-10-18(17)25-14-11-20/h2-10H,12-15H2,1H3,(H,21,23)/p+1. The van der Waals surface area contributed by atoms with Crippen molar-refractivity contribution in [3.63, 3.8) is 0 Å². The fourth-order valence-electron chi connectivity index (χ4n) is 2.22. The summed E-state index contributed by atoms with van der Waals surface area (Å²) < 4.78 is 5.65. The summed E-state index contributed by atoms with van der Waals surface area (Å²) >= 11 is 1.42. The largest absolute Gasteiger partial charge is 0.488 e. The average molecular weight is 356 g/mol. The Morgan fingerprint density at radius 2 is 1.92 bits per heavy atom. The number of anilines is 1. The molecule has 2 aromatic rings. The highest BCUT2D eigenvalue weighted by atomic mass is 32.2. The molecule has 2 rings (SSSR count). The summed E-state index contributed by atoms with van der Waals surface area (Å²) in [6.07, 6.45) is 0. The van der Waals surface area contributed by atoms with Gasteiger partial charge in [-0.25, -0.2) is 0 Å². The van der Waals surface area contributed by atoms with E-state index in [4.69, 9.17) is 10.00 Å². The summed E-state index contributed by atoms with van der Waals surface area (Å²) in [6.45, 7) is 1.64. The SMILES string of the molecule is C[NH+](CCOc1ccccc1)CC(=O)Nc1ccccc1SCC#N. The Bertz CT molecular complexity index is 716. The summed E-state index contributed by atoms with van der Waals surface area (Å²) in [5, 5.41) is 11.6. The highest BCUT2D eigenvalue weighted by molar-refractivity contribution is 7.99. The van der Waals surface area contributed by atoms with Crippen LogP contribution in [0.4, 0.5) is 5.69 Å². The highest BCUT2D eigenvalue weighted by Gasteiger charge is 2.12. The van der Waals surface area contributed by atoms with Crippen molar-refractivity contribution >= 4 is 23.4 Å². The number of likely N-dealkylation sites (N-methyl/N-ethyl adjacent to an activating group) is 1. The Morgan fingerprint density at radius 1 is 1.20 bits per heavy atom. The van der Waals surface area contributed by atoms with Crippen molar-refractivity contribution < 1.29 is 14.4 Å². The van der Waals surface area contributed by atoms with Crippen LogP contribution in [0.5, 0.6) is 5.75 Å². The minimum absolute atomic E-state index is 0.0535. The molecule has 0 radical (unpaired) electrons. The Labute approximate surface area is 152 Å². The number of hydrogen-bond acceptors (Lipinski definition) is 4. The van der Waals surface area contributed by atoms with Gasteiger partial charge in [0, 0.05) is 4.90 Å². The number of benzene rings is 2. The fourth-order valence-corrected chi connectivity index (χ4v) is 2.89. The van der Waals surface area contributed by atoms with E-state index in [1.807, 2.05) is 61.6 Å². The van der Waals surface area contributed by atoms with Crippen LogP contribution in [0.25, 0.3) is 0 Å². The Morgan fingerprint density at radius 3 is 2.68 bits per heavy atom. The molecule has 1 unspecified atom stereocenters. The highest BCUT2D eigenvalue weighted by Crippen LogP contribution is 2.26. The maximum atomic E-state index is 12.2. The molecular weight excluding hydrogens is 334 g/mol. The summed E-state index contributed by atoms with van der Waals surface area (Å²) in [6, 6.07) is 19.3. The number of carbonyl (C=O) groups is 1. The molecule has 0 saturated heterocycles. The van der Waals surface area contributed by atoms with Crippen molar-refractivity contribution in [1.29, 1.82) is 5.26 Å². The van der Waals surface area contributed by atoms with Gasteiger partial charge in [-0.15, -0.1) is 11.8 Å². The number of hydrogen-bond donors (Lipinski definition) is 2. The molecule has 0 fully saturated rings. The molecule has 0 saturated carbocycles. The number of amides is 1. The Kier molecular flexibility index (Phi) is 7.83. The van der Waals surface area contributed by atoms with E-state index in [-0.39, 0.29) is 5.91 Å². The number of quaternary nitrogens is 1. The zero-order valence-corrected chi connectivity index (χ0v) is 15.0. The second-order valence-corrected chi connectivity index (χ2v) is 6.55. The molecule has 0 aromatic heterocycles. The minimum Gasteiger partial charge on any atom is -0.488 e. The van der Waals surface area contributed by atoms with Crippen molar-refractivity contribution in [2.45, 2.75) is 4.90 Å². The van der Waals surface area contributed by atoms with Crippen molar-refractivity contribution in [1.82, 2.24) is 0 Å². The lowest BCUT2D eigenvalue weighted by atomic mass is 10.3. The lowest BCUT2D eigenvalue weighted by Gasteiger charge is -2.15. The topological polar surface area (TPSA) is 66.6 Å². The Balaban J connectivity index is 1.77. The molecule has 6 heteroatoms. The van der Waals surface area contributed by atoms with Gasteiger partial charge in [0.1, 0.15) is 18.9 Å². The van der Waals surface area contributed by atoms with Gasteiger partial charge in [-0.1, -0.05) is 30.3 Å². The molecule has 0 bridgehead atoms. The minimum atomic E-state index is -0.0535. The molecule has 25 heavy (non-hydrogen) atoms. The van der Waals surface area contributed by atoms with Gasteiger partial charge < -0.3 is 15.0 Å². The zero-order valence-electron chi connectivity index (χ0n) is 14.2. The number of nitrogens with one attached hydrogen (secondary N) is 2. The van der Waals surface area contributed by atoms with Crippen molar-refractivity contribution in [2.24, 2.45) is 0 Å². The normalized spacial score (nSPS) is 11.4. The number of para-hydroxylation sites is 2. The number of nitrogens with zero attached hydrogens (tertiary/aromatic N) is 1. The number of thioether (sulfide) groups is 1. The van der Waals surface area contributed by atoms with Gasteiger partial charge in [0.2, 0.25) is 0 Å². The first-order valence-electron chi connectivity index (χ1n) is 8.07. The van der Waals surface area contributed by atoms with E-state index in [2.05, 4.69) is 11.4 Å².